The molecule has 0 bridgehead atoms. The second-order valence-corrected chi connectivity index (χ2v) is 8.26. The number of carbonyl (C=O) groups is 2. The van der Waals surface area contributed by atoms with E-state index in [1.807, 2.05) is 56.3 Å². The van der Waals surface area contributed by atoms with Crippen LogP contribution in [-0.4, -0.2) is 52.1 Å². The summed E-state index contributed by atoms with van der Waals surface area (Å²) in [5, 5.41) is 11.2. The molecule has 0 saturated heterocycles. The van der Waals surface area contributed by atoms with Crippen molar-refractivity contribution in [3.05, 3.63) is 83.7 Å². The summed E-state index contributed by atoms with van der Waals surface area (Å²) in [5.74, 6) is -0.607. The number of aromatic nitrogens is 4. The lowest BCUT2D eigenvalue weighted by atomic mass is 10.0. The summed E-state index contributed by atoms with van der Waals surface area (Å²) in [4.78, 5) is 33.2. The third-order valence-corrected chi connectivity index (χ3v) is 5.73. The number of carbonyl (C=O) groups excluding carboxylic acids is 2. The normalized spacial score (nSPS) is 11.9. The summed E-state index contributed by atoms with van der Waals surface area (Å²) < 4.78 is 6.65. The average molecular weight is 473 g/mol. The molecule has 35 heavy (non-hydrogen) atoms. The van der Waals surface area contributed by atoms with Gasteiger partial charge in [-0.3, -0.25) is 19.5 Å². The summed E-state index contributed by atoms with van der Waals surface area (Å²) in [6.07, 6.45) is 3.23. The van der Waals surface area contributed by atoms with Crippen molar-refractivity contribution in [1.82, 2.24) is 25.3 Å². The Labute approximate surface area is 203 Å². The van der Waals surface area contributed by atoms with Crippen LogP contribution >= 0.6 is 0 Å². The first kappa shape index (κ1) is 24.0. The number of pyridine rings is 1. The van der Waals surface area contributed by atoms with E-state index in [9.17, 15) is 9.59 Å². The third-order valence-electron chi connectivity index (χ3n) is 5.73. The van der Waals surface area contributed by atoms with Gasteiger partial charge < -0.3 is 10.1 Å². The summed E-state index contributed by atoms with van der Waals surface area (Å²) >= 11 is 0. The Bertz CT molecular complexity index is 1320. The Kier molecular flexibility index (Phi) is 7.47. The van der Waals surface area contributed by atoms with Crippen molar-refractivity contribution in [1.29, 1.82) is 0 Å². The largest absolute Gasteiger partial charge is 0.383 e. The first-order valence-electron chi connectivity index (χ1n) is 11.3. The number of ether oxygens (including phenoxy) is 1. The quantitative estimate of drug-likeness (QED) is 0.376. The smallest absolute Gasteiger partial charge is 0.249 e. The van der Waals surface area contributed by atoms with Gasteiger partial charge in [-0.05, 0) is 60.9 Å². The maximum atomic E-state index is 14.0. The highest BCUT2D eigenvalue weighted by molar-refractivity contribution is 6.02. The maximum Gasteiger partial charge on any atom is 0.249 e. The van der Waals surface area contributed by atoms with Gasteiger partial charge in [-0.15, -0.1) is 5.10 Å². The zero-order valence-corrected chi connectivity index (χ0v) is 20.0. The zero-order valence-electron chi connectivity index (χ0n) is 20.0. The molecule has 0 radical (unpaired) electrons. The number of para-hydroxylation sites is 1. The van der Waals surface area contributed by atoms with E-state index >= 15 is 0 Å². The molecule has 0 saturated carbocycles. The van der Waals surface area contributed by atoms with Crippen LogP contribution in [0.1, 0.15) is 22.7 Å². The Balaban J connectivity index is 1.80. The van der Waals surface area contributed by atoms with Gasteiger partial charge in [0.15, 0.2) is 0 Å². The van der Waals surface area contributed by atoms with Crippen molar-refractivity contribution in [2.24, 2.45) is 0 Å². The number of fused-ring (bicyclic) bond motifs is 1. The Morgan fingerprint density at radius 3 is 2.63 bits per heavy atom. The van der Waals surface area contributed by atoms with Crippen LogP contribution in [0.2, 0.25) is 0 Å². The number of amides is 2. The van der Waals surface area contributed by atoms with Gasteiger partial charge in [0, 0.05) is 31.7 Å². The van der Waals surface area contributed by atoms with E-state index in [1.165, 1.54) is 0 Å². The van der Waals surface area contributed by atoms with Crippen molar-refractivity contribution < 1.29 is 14.3 Å². The molecule has 0 fully saturated rings. The number of rotatable bonds is 9. The van der Waals surface area contributed by atoms with Crippen molar-refractivity contribution in [3.63, 3.8) is 0 Å². The van der Waals surface area contributed by atoms with Crippen molar-refractivity contribution >= 4 is 28.5 Å². The van der Waals surface area contributed by atoms with E-state index in [2.05, 4.69) is 20.6 Å². The van der Waals surface area contributed by atoms with Gasteiger partial charge >= 0.3 is 0 Å². The molecule has 4 aromatic rings. The van der Waals surface area contributed by atoms with Gasteiger partial charge in [-0.2, -0.15) is 0 Å². The van der Waals surface area contributed by atoms with Crippen LogP contribution in [0.5, 0.6) is 0 Å². The van der Waals surface area contributed by atoms with E-state index in [0.717, 1.165) is 16.6 Å². The molecule has 0 spiro atoms. The molecule has 2 heterocycles. The van der Waals surface area contributed by atoms with Crippen molar-refractivity contribution in [3.8, 4) is 0 Å². The van der Waals surface area contributed by atoms with Gasteiger partial charge in [0.05, 0.1) is 12.1 Å². The Hall–Kier alpha value is -4.11. The summed E-state index contributed by atoms with van der Waals surface area (Å²) in [6.45, 7) is 4.47. The average Bonchev–Trinajstić information content (AvgIpc) is 3.27. The van der Waals surface area contributed by atoms with Crippen LogP contribution in [0.4, 0.5) is 5.69 Å². The lowest BCUT2D eigenvalue weighted by Gasteiger charge is -2.32. The number of methoxy groups -OCH3 is 1. The number of aryl methyl sites for hydroxylation is 2. The molecule has 4 rings (SSSR count). The first-order chi connectivity index (χ1) is 17.0. The van der Waals surface area contributed by atoms with E-state index < -0.39 is 6.04 Å². The fourth-order valence-corrected chi connectivity index (χ4v) is 3.97. The second-order valence-electron chi connectivity index (χ2n) is 8.26. The fourth-order valence-electron chi connectivity index (χ4n) is 3.97. The van der Waals surface area contributed by atoms with E-state index in [1.54, 1.807) is 41.2 Å². The minimum Gasteiger partial charge on any atom is -0.383 e. The number of nitrogens with zero attached hydrogens (tertiary/aromatic N) is 5. The molecule has 2 aromatic carbocycles. The predicted octanol–water partition coefficient (Wildman–Crippen LogP) is 2.98. The lowest BCUT2D eigenvalue weighted by molar-refractivity contribution is -0.127. The minimum absolute atomic E-state index is 0.0825. The Morgan fingerprint density at radius 2 is 1.86 bits per heavy atom. The minimum atomic E-state index is -0.919. The lowest BCUT2D eigenvalue weighted by Crippen LogP contribution is -2.46. The molecule has 2 aromatic heterocycles. The van der Waals surface area contributed by atoms with Gasteiger partial charge in [0.1, 0.15) is 18.1 Å². The van der Waals surface area contributed by atoms with Crippen molar-refractivity contribution in [2.75, 3.05) is 25.2 Å². The van der Waals surface area contributed by atoms with Crippen LogP contribution in [0.25, 0.3) is 11.0 Å². The van der Waals surface area contributed by atoms with Crippen LogP contribution in [0.3, 0.4) is 0 Å². The number of nitrogens with one attached hydrogen (secondary N) is 1. The summed E-state index contributed by atoms with van der Waals surface area (Å²) in [6, 6.07) is 15.9. The first-order valence-corrected chi connectivity index (χ1v) is 11.3. The molecular formula is C26H28N6O3. The standard InChI is InChI=1S/C26H28N6O3/c1-18-8-9-19(2)23(16-18)32(24(33)17-31-22-7-5-4-6-21(22)29-30-31)25(20-10-12-27-13-11-20)26(34)28-14-15-35-3/h4-13,16,25H,14-15,17H2,1-3H3,(H,28,34)/t25-/m0/s1. The molecule has 0 aliphatic heterocycles. The molecule has 1 atom stereocenters. The number of anilines is 1. The molecule has 2 amide bonds. The summed E-state index contributed by atoms with van der Waals surface area (Å²) in [7, 11) is 1.57. The zero-order chi connectivity index (χ0) is 24.8. The monoisotopic (exact) mass is 472 g/mol. The predicted molar refractivity (Wildman–Crippen MR) is 133 cm³/mol. The van der Waals surface area contributed by atoms with E-state index in [4.69, 9.17) is 4.74 Å². The molecule has 9 nitrogen and oxygen atoms in total. The van der Waals surface area contributed by atoms with Crippen LogP contribution in [-0.2, 0) is 20.9 Å². The van der Waals surface area contributed by atoms with E-state index in [0.29, 0.717) is 29.9 Å². The maximum absolute atomic E-state index is 14.0. The van der Waals surface area contributed by atoms with Gasteiger partial charge in [0.25, 0.3) is 0 Å². The van der Waals surface area contributed by atoms with Gasteiger partial charge in [-0.1, -0.05) is 29.5 Å². The van der Waals surface area contributed by atoms with Gasteiger partial charge in [0.2, 0.25) is 11.8 Å². The topological polar surface area (TPSA) is 102 Å². The summed E-state index contributed by atoms with van der Waals surface area (Å²) in [5.41, 5.74) is 4.59. The molecule has 0 aliphatic rings. The number of benzene rings is 2. The number of hydrogen-bond donors (Lipinski definition) is 1. The SMILES string of the molecule is COCCNC(=O)[C@H](c1ccncc1)N(C(=O)Cn1nnc2ccccc21)c1cc(C)ccc1C. The molecule has 9 heteroatoms. The molecular weight excluding hydrogens is 444 g/mol. The Morgan fingerprint density at radius 1 is 1.09 bits per heavy atom. The highest BCUT2D eigenvalue weighted by atomic mass is 16.5. The molecule has 0 unspecified atom stereocenters. The molecule has 0 aliphatic carbocycles. The highest BCUT2D eigenvalue weighted by Crippen LogP contribution is 2.31. The fraction of sp³-hybridized carbons (Fsp3) is 0.269. The third kappa shape index (κ3) is 5.36. The van der Waals surface area contributed by atoms with E-state index in [-0.39, 0.29) is 18.4 Å². The molecule has 180 valence electrons. The number of hydrogen-bond acceptors (Lipinski definition) is 6. The van der Waals surface area contributed by atoms with Gasteiger partial charge in [-0.25, -0.2) is 4.68 Å². The highest BCUT2D eigenvalue weighted by Gasteiger charge is 2.34. The van der Waals surface area contributed by atoms with Crippen molar-refractivity contribution in [2.45, 2.75) is 26.4 Å². The van der Waals surface area contributed by atoms with Crippen LogP contribution in [0.15, 0.2) is 67.0 Å². The van der Waals surface area contributed by atoms with Crippen LogP contribution < -0.4 is 10.2 Å². The second kappa shape index (κ2) is 10.9. The van der Waals surface area contributed by atoms with Crippen LogP contribution in [0, 0.1) is 13.8 Å². The molecule has 1 N–H and O–H groups in total.